The van der Waals surface area contributed by atoms with Crippen LogP contribution in [-0.2, 0) is 4.79 Å². The topological polar surface area (TPSA) is 84.9 Å². The smallest absolute Gasteiger partial charge is 0.312 e. The molecule has 7 heteroatoms. The van der Waals surface area contributed by atoms with Gasteiger partial charge in [-0.1, -0.05) is 18.2 Å². The largest absolute Gasteiger partial charge is 0.490 e. The summed E-state index contributed by atoms with van der Waals surface area (Å²) in [5.74, 6) is -2.16. The fourth-order valence-electron chi connectivity index (χ4n) is 2.71. The molecule has 6 nitrogen and oxygen atoms in total. The minimum atomic E-state index is -1.11. The molecular formula is C19H18FNO5. The van der Waals surface area contributed by atoms with Gasteiger partial charge in [0.15, 0.2) is 11.5 Å². The number of fused-ring (bicyclic) bond motifs is 1. The Morgan fingerprint density at radius 1 is 1.12 bits per heavy atom. The molecule has 0 spiro atoms. The number of carboxylic acid groups (broad SMARTS) is 1. The van der Waals surface area contributed by atoms with Crippen molar-refractivity contribution in [3.8, 4) is 11.5 Å². The van der Waals surface area contributed by atoms with Gasteiger partial charge in [-0.15, -0.1) is 0 Å². The van der Waals surface area contributed by atoms with Crippen LogP contribution in [0.25, 0.3) is 0 Å². The highest BCUT2D eigenvalue weighted by atomic mass is 19.1. The predicted molar refractivity (Wildman–Crippen MR) is 91.2 cm³/mol. The SMILES string of the molecule is O=C(NCC(C(=O)O)c1ccc(F)cc1)c1cccc2c1OCCCO2. The molecule has 26 heavy (non-hydrogen) atoms. The molecule has 0 aliphatic carbocycles. The van der Waals surface area contributed by atoms with Crippen LogP contribution in [0.15, 0.2) is 42.5 Å². The highest BCUT2D eigenvalue weighted by Crippen LogP contribution is 2.33. The Morgan fingerprint density at radius 2 is 1.85 bits per heavy atom. The number of carbonyl (C=O) groups is 2. The van der Waals surface area contributed by atoms with Gasteiger partial charge in [0.25, 0.3) is 5.91 Å². The summed E-state index contributed by atoms with van der Waals surface area (Å²) in [5.41, 5.74) is 0.693. The van der Waals surface area contributed by atoms with Gasteiger partial charge < -0.3 is 19.9 Å². The first-order chi connectivity index (χ1) is 12.6. The van der Waals surface area contributed by atoms with E-state index < -0.39 is 23.6 Å². The average Bonchev–Trinajstić information content (AvgIpc) is 2.88. The molecule has 0 fully saturated rings. The van der Waals surface area contributed by atoms with Crippen molar-refractivity contribution in [2.45, 2.75) is 12.3 Å². The zero-order chi connectivity index (χ0) is 18.5. The van der Waals surface area contributed by atoms with Gasteiger partial charge >= 0.3 is 5.97 Å². The minimum Gasteiger partial charge on any atom is -0.490 e. The Balaban J connectivity index is 1.75. The molecule has 2 aromatic rings. The third-order valence-electron chi connectivity index (χ3n) is 4.05. The van der Waals surface area contributed by atoms with Crippen molar-refractivity contribution >= 4 is 11.9 Å². The Labute approximate surface area is 149 Å². The summed E-state index contributed by atoms with van der Waals surface area (Å²) < 4.78 is 24.2. The first-order valence-electron chi connectivity index (χ1n) is 8.21. The maximum atomic E-state index is 13.0. The molecule has 1 amide bonds. The van der Waals surface area contributed by atoms with E-state index in [-0.39, 0.29) is 12.1 Å². The summed E-state index contributed by atoms with van der Waals surface area (Å²) in [7, 11) is 0. The minimum absolute atomic E-state index is 0.135. The van der Waals surface area contributed by atoms with Crippen LogP contribution in [0.2, 0.25) is 0 Å². The van der Waals surface area contributed by atoms with Crippen LogP contribution < -0.4 is 14.8 Å². The first kappa shape index (κ1) is 17.7. The van der Waals surface area contributed by atoms with Gasteiger partial charge in [0.1, 0.15) is 5.82 Å². The molecular weight excluding hydrogens is 341 g/mol. The van der Waals surface area contributed by atoms with Gasteiger partial charge in [0, 0.05) is 13.0 Å². The highest BCUT2D eigenvalue weighted by molar-refractivity contribution is 5.98. The van der Waals surface area contributed by atoms with Gasteiger partial charge in [-0.05, 0) is 29.8 Å². The number of amides is 1. The number of ether oxygens (including phenoxy) is 2. The predicted octanol–water partition coefficient (Wildman–Crippen LogP) is 2.59. The average molecular weight is 359 g/mol. The number of aliphatic carboxylic acids is 1. The summed E-state index contributed by atoms with van der Waals surface area (Å²) in [5, 5.41) is 12.0. The first-order valence-corrected chi connectivity index (χ1v) is 8.21. The van der Waals surface area contributed by atoms with Crippen molar-refractivity contribution < 1.29 is 28.6 Å². The van der Waals surface area contributed by atoms with Crippen LogP contribution in [0.4, 0.5) is 4.39 Å². The van der Waals surface area contributed by atoms with E-state index in [1.807, 2.05) is 0 Å². The van der Waals surface area contributed by atoms with Crippen molar-refractivity contribution in [3.63, 3.8) is 0 Å². The molecule has 0 bridgehead atoms. The lowest BCUT2D eigenvalue weighted by molar-refractivity contribution is -0.138. The fraction of sp³-hybridized carbons (Fsp3) is 0.263. The molecule has 2 aromatic carbocycles. The Hall–Kier alpha value is -3.09. The summed E-state index contributed by atoms with van der Waals surface area (Å²) >= 11 is 0. The van der Waals surface area contributed by atoms with Gasteiger partial charge in [0.2, 0.25) is 0 Å². The quantitative estimate of drug-likeness (QED) is 0.857. The molecule has 136 valence electrons. The molecule has 0 saturated heterocycles. The number of carbonyl (C=O) groups excluding carboxylic acids is 1. The van der Waals surface area contributed by atoms with E-state index in [4.69, 9.17) is 9.47 Å². The van der Waals surface area contributed by atoms with E-state index in [0.29, 0.717) is 36.7 Å². The summed E-state index contributed by atoms with van der Waals surface area (Å²) in [6, 6.07) is 10.2. The van der Waals surface area contributed by atoms with Crippen molar-refractivity contribution in [1.82, 2.24) is 5.32 Å². The molecule has 1 aliphatic rings. The molecule has 2 N–H and O–H groups in total. The number of carboxylic acids is 1. The molecule has 3 rings (SSSR count). The van der Waals surface area contributed by atoms with Crippen LogP contribution in [-0.4, -0.2) is 36.7 Å². The summed E-state index contributed by atoms with van der Waals surface area (Å²) in [6.07, 6.45) is 0.710. The Bertz CT molecular complexity index is 806. The zero-order valence-electron chi connectivity index (χ0n) is 13.9. The number of hydrogen-bond acceptors (Lipinski definition) is 4. The number of nitrogens with one attached hydrogen (secondary N) is 1. The monoisotopic (exact) mass is 359 g/mol. The van der Waals surface area contributed by atoms with Gasteiger partial charge in [0.05, 0.1) is 24.7 Å². The van der Waals surface area contributed by atoms with Crippen molar-refractivity contribution in [2.24, 2.45) is 0 Å². The second-order valence-electron chi connectivity index (χ2n) is 5.84. The van der Waals surface area contributed by atoms with Crippen LogP contribution >= 0.6 is 0 Å². The molecule has 0 radical (unpaired) electrons. The Morgan fingerprint density at radius 3 is 2.58 bits per heavy atom. The van der Waals surface area contributed by atoms with Gasteiger partial charge in [-0.25, -0.2) is 4.39 Å². The number of benzene rings is 2. The van der Waals surface area contributed by atoms with Crippen LogP contribution in [0.3, 0.4) is 0 Å². The number of para-hydroxylation sites is 1. The summed E-state index contributed by atoms with van der Waals surface area (Å²) in [6.45, 7) is 0.804. The number of hydrogen-bond donors (Lipinski definition) is 2. The lowest BCUT2D eigenvalue weighted by atomic mass is 9.99. The lowest BCUT2D eigenvalue weighted by Crippen LogP contribution is -2.32. The summed E-state index contributed by atoms with van der Waals surface area (Å²) in [4.78, 5) is 24.1. The zero-order valence-corrected chi connectivity index (χ0v) is 13.9. The third kappa shape index (κ3) is 3.93. The van der Waals surface area contributed by atoms with Crippen molar-refractivity contribution in [1.29, 1.82) is 0 Å². The third-order valence-corrected chi connectivity index (χ3v) is 4.05. The molecule has 0 aromatic heterocycles. The van der Waals surface area contributed by atoms with Crippen LogP contribution in [0.5, 0.6) is 11.5 Å². The second-order valence-corrected chi connectivity index (χ2v) is 5.84. The van der Waals surface area contributed by atoms with E-state index in [2.05, 4.69) is 5.32 Å². The molecule has 1 aliphatic heterocycles. The van der Waals surface area contributed by atoms with E-state index in [1.54, 1.807) is 18.2 Å². The molecule has 1 unspecified atom stereocenters. The fourth-order valence-corrected chi connectivity index (χ4v) is 2.71. The standard InChI is InChI=1S/C19H18FNO5/c20-13-7-5-12(6-8-13)15(19(23)24)11-21-18(22)14-3-1-4-16-17(14)26-10-2-9-25-16/h1,3-8,15H,2,9-11H2,(H,21,22)(H,23,24). The maximum Gasteiger partial charge on any atom is 0.312 e. The lowest BCUT2D eigenvalue weighted by Gasteiger charge is -2.16. The molecule has 1 heterocycles. The molecule has 1 atom stereocenters. The van der Waals surface area contributed by atoms with Crippen molar-refractivity contribution in [3.05, 3.63) is 59.4 Å². The second kappa shape index (κ2) is 7.86. The van der Waals surface area contributed by atoms with Crippen LogP contribution in [0.1, 0.15) is 28.3 Å². The van der Waals surface area contributed by atoms with Crippen LogP contribution in [0, 0.1) is 5.82 Å². The van der Waals surface area contributed by atoms with E-state index in [1.165, 1.54) is 24.3 Å². The van der Waals surface area contributed by atoms with E-state index in [9.17, 15) is 19.1 Å². The molecule has 0 saturated carbocycles. The van der Waals surface area contributed by atoms with Gasteiger partial charge in [-0.2, -0.15) is 0 Å². The van der Waals surface area contributed by atoms with Crippen molar-refractivity contribution in [2.75, 3.05) is 19.8 Å². The van der Waals surface area contributed by atoms with Gasteiger partial charge in [-0.3, -0.25) is 9.59 Å². The normalized spacial score (nSPS) is 14.2. The maximum absolute atomic E-state index is 13.0. The van der Waals surface area contributed by atoms with E-state index in [0.717, 1.165) is 0 Å². The number of halogens is 1. The number of rotatable bonds is 5. The van der Waals surface area contributed by atoms with E-state index >= 15 is 0 Å². The highest BCUT2D eigenvalue weighted by Gasteiger charge is 2.23. The Kier molecular flexibility index (Phi) is 5.36.